The van der Waals surface area contributed by atoms with Gasteiger partial charge < -0.3 is 34.5 Å². The van der Waals surface area contributed by atoms with Crippen molar-refractivity contribution in [1.82, 2.24) is 15.5 Å². The summed E-state index contributed by atoms with van der Waals surface area (Å²) in [5.74, 6) is -0.558. The van der Waals surface area contributed by atoms with Crippen LogP contribution in [0.1, 0.15) is 54.4 Å². The van der Waals surface area contributed by atoms with Gasteiger partial charge in [-0.3, -0.25) is 9.59 Å². The molecule has 2 fully saturated rings. The fraction of sp³-hybridized carbons (Fsp3) is 0.529. The lowest BCUT2D eigenvalue weighted by atomic mass is 9.85. The molecule has 3 amide bonds. The van der Waals surface area contributed by atoms with Crippen molar-refractivity contribution in [3.05, 3.63) is 49.1 Å². The zero-order chi connectivity index (χ0) is 33.3. The molecular weight excluding hydrogens is 578 g/mol. The van der Waals surface area contributed by atoms with E-state index < -0.39 is 58.6 Å². The predicted molar refractivity (Wildman–Crippen MR) is 169 cm³/mol. The van der Waals surface area contributed by atoms with Gasteiger partial charge in [-0.15, -0.1) is 6.58 Å². The van der Waals surface area contributed by atoms with Gasteiger partial charge in [-0.25, -0.2) is 9.59 Å². The molecule has 1 aliphatic carbocycles. The first-order chi connectivity index (χ1) is 21.0. The van der Waals surface area contributed by atoms with Gasteiger partial charge in [0.15, 0.2) is 0 Å². The van der Waals surface area contributed by atoms with Crippen molar-refractivity contribution in [2.45, 2.75) is 83.7 Å². The highest BCUT2D eigenvalue weighted by molar-refractivity contribution is 5.97. The number of esters is 1. The summed E-state index contributed by atoms with van der Waals surface area (Å²) in [6.45, 7) is 14.5. The molecule has 2 aromatic rings. The Morgan fingerprint density at radius 1 is 1.07 bits per heavy atom. The van der Waals surface area contributed by atoms with Crippen molar-refractivity contribution in [2.75, 3.05) is 20.8 Å². The summed E-state index contributed by atoms with van der Waals surface area (Å²) in [6, 6.07) is 9.26. The van der Waals surface area contributed by atoms with Crippen molar-refractivity contribution in [1.29, 1.82) is 0 Å². The third kappa shape index (κ3) is 7.34. The third-order valence-electron chi connectivity index (χ3n) is 8.16. The highest BCUT2D eigenvalue weighted by atomic mass is 16.6. The molecule has 11 nitrogen and oxygen atoms in total. The third-order valence-corrected chi connectivity index (χ3v) is 8.16. The van der Waals surface area contributed by atoms with Crippen LogP contribution in [0.5, 0.6) is 11.5 Å². The molecule has 1 aliphatic heterocycles. The van der Waals surface area contributed by atoms with Crippen LogP contribution in [0.15, 0.2) is 49.1 Å². The van der Waals surface area contributed by atoms with E-state index in [2.05, 4.69) is 17.2 Å². The number of fused-ring (bicyclic) bond motifs is 1. The number of carbonyl (C=O) groups is 4. The van der Waals surface area contributed by atoms with Gasteiger partial charge >= 0.3 is 12.1 Å². The first kappa shape index (κ1) is 33.6. The summed E-state index contributed by atoms with van der Waals surface area (Å²) in [5.41, 5.74) is -2.75. The van der Waals surface area contributed by atoms with Gasteiger partial charge in [0.2, 0.25) is 11.8 Å². The Hall–Kier alpha value is -4.28. The summed E-state index contributed by atoms with van der Waals surface area (Å²) in [6.07, 6.45) is 0.800. The molecule has 0 unspecified atom stereocenters. The number of nitrogens with one attached hydrogen (secondary N) is 2. The maximum absolute atomic E-state index is 14.3. The summed E-state index contributed by atoms with van der Waals surface area (Å²) < 4.78 is 22.3. The van der Waals surface area contributed by atoms with Gasteiger partial charge in [-0.05, 0) is 62.3 Å². The van der Waals surface area contributed by atoms with E-state index in [4.69, 9.17) is 18.9 Å². The summed E-state index contributed by atoms with van der Waals surface area (Å²) >= 11 is 0. The Kier molecular flexibility index (Phi) is 9.42. The molecule has 1 heterocycles. The lowest BCUT2D eigenvalue weighted by Gasteiger charge is -2.36. The van der Waals surface area contributed by atoms with Crippen LogP contribution in [0, 0.1) is 11.3 Å². The zero-order valence-corrected chi connectivity index (χ0v) is 27.4. The average molecular weight is 624 g/mol. The molecule has 11 heteroatoms. The number of amides is 3. The molecule has 244 valence electrons. The maximum Gasteiger partial charge on any atom is 0.408 e. The lowest BCUT2D eigenvalue weighted by Crippen LogP contribution is -2.59. The molecule has 1 saturated carbocycles. The van der Waals surface area contributed by atoms with Gasteiger partial charge in [0.25, 0.3) is 0 Å². The number of rotatable bonds is 9. The first-order valence-electron chi connectivity index (χ1n) is 15.1. The molecular formula is C34H45N3O8. The van der Waals surface area contributed by atoms with Crippen LogP contribution in [-0.4, -0.2) is 78.9 Å². The van der Waals surface area contributed by atoms with Crippen LogP contribution in [0.2, 0.25) is 0 Å². The van der Waals surface area contributed by atoms with E-state index in [1.807, 2.05) is 57.2 Å². The van der Waals surface area contributed by atoms with Crippen LogP contribution in [0.4, 0.5) is 4.79 Å². The monoisotopic (exact) mass is 623 g/mol. The zero-order valence-electron chi connectivity index (χ0n) is 27.4. The van der Waals surface area contributed by atoms with Crippen LogP contribution in [0.3, 0.4) is 0 Å². The molecule has 0 bridgehead atoms. The quantitative estimate of drug-likeness (QED) is 0.311. The molecule has 0 aromatic heterocycles. The summed E-state index contributed by atoms with van der Waals surface area (Å²) in [4.78, 5) is 55.2. The van der Waals surface area contributed by atoms with E-state index in [9.17, 15) is 19.2 Å². The van der Waals surface area contributed by atoms with E-state index in [1.165, 1.54) is 12.0 Å². The molecule has 2 aromatic carbocycles. The maximum atomic E-state index is 14.3. The molecule has 0 spiro atoms. The van der Waals surface area contributed by atoms with Crippen molar-refractivity contribution >= 4 is 34.6 Å². The molecule has 2 N–H and O–H groups in total. The second kappa shape index (κ2) is 12.6. The van der Waals surface area contributed by atoms with Gasteiger partial charge in [0, 0.05) is 17.7 Å². The minimum absolute atomic E-state index is 0.0716. The number of hydrogen-bond donors (Lipinski definition) is 2. The van der Waals surface area contributed by atoms with Gasteiger partial charge in [0.1, 0.15) is 40.8 Å². The minimum atomic E-state index is -1.24. The van der Waals surface area contributed by atoms with E-state index in [0.29, 0.717) is 17.9 Å². The summed E-state index contributed by atoms with van der Waals surface area (Å²) in [7, 11) is 2.86. The highest BCUT2D eigenvalue weighted by Gasteiger charge is 2.62. The SMILES string of the molecule is C=C[C@@H]1C[C@]1(NC(=O)[C@@H]1C[C@@H](Oc2cccc3cc(OC)ccc23)CN1C(=O)[C@@H](NC(=O)OC(C)(C)C)C(C)(C)C)C(=O)OC. The molecule has 0 radical (unpaired) electrons. The number of carbonyl (C=O) groups excluding carboxylic acids is 4. The Balaban J connectivity index is 1.65. The predicted octanol–water partition coefficient (Wildman–Crippen LogP) is 4.37. The Morgan fingerprint density at radius 2 is 1.78 bits per heavy atom. The Morgan fingerprint density at radius 3 is 2.36 bits per heavy atom. The number of nitrogens with zero attached hydrogens (tertiary/aromatic N) is 1. The number of ether oxygens (including phenoxy) is 4. The largest absolute Gasteiger partial charge is 0.497 e. The molecule has 5 atom stereocenters. The van der Waals surface area contributed by atoms with Crippen LogP contribution >= 0.6 is 0 Å². The second-order valence-corrected chi connectivity index (χ2v) is 13.8. The fourth-order valence-electron chi connectivity index (χ4n) is 5.74. The van der Waals surface area contributed by atoms with Crippen LogP contribution in [0.25, 0.3) is 10.8 Å². The number of likely N-dealkylation sites (tertiary alicyclic amines) is 1. The summed E-state index contributed by atoms with van der Waals surface area (Å²) in [5, 5.41) is 7.35. The average Bonchev–Trinajstić information content (AvgIpc) is 3.52. The van der Waals surface area contributed by atoms with Crippen molar-refractivity contribution < 1.29 is 38.1 Å². The highest BCUT2D eigenvalue weighted by Crippen LogP contribution is 2.45. The second-order valence-electron chi connectivity index (χ2n) is 13.8. The Labute approximate surface area is 264 Å². The topological polar surface area (TPSA) is 132 Å². The minimum Gasteiger partial charge on any atom is -0.497 e. The first-order valence-corrected chi connectivity index (χ1v) is 15.1. The van der Waals surface area contributed by atoms with E-state index in [1.54, 1.807) is 34.0 Å². The normalized spacial score (nSPS) is 23.5. The number of hydrogen-bond acceptors (Lipinski definition) is 8. The van der Waals surface area contributed by atoms with Gasteiger partial charge in [-0.2, -0.15) is 0 Å². The standard InChI is InChI=1S/C34H45N3O8/c1-10-21-18-34(21,30(40)43-9)36-28(38)25-17-23(44-26-13-11-12-20-16-22(42-8)14-15-24(20)26)19-37(25)29(39)27(32(2,3)4)35-31(41)45-33(5,6)7/h10-16,21,23,25,27H,1,17-19H2,2-9H3,(H,35,41)(H,36,38)/t21-,23-,25+,27-,34-/m1/s1. The van der Waals surface area contributed by atoms with E-state index >= 15 is 0 Å². The molecule has 4 rings (SSSR count). The van der Waals surface area contributed by atoms with Crippen LogP contribution in [-0.2, 0) is 23.9 Å². The molecule has 1 saturated heterocycles. The molecule has 2 aliphatic rings. The lowest BCUT2D eigenvalue weighted by molar-refractivity contribution is -0.148. The Bertz CT molecular complexity index is 1480. The van der Waals surface area contributed by atoms with E-state index in [0.717, 1.165) is 10.8 Å². The number of benzene rings is 2. The van der Waals surface area contributed by atoms with Crippen molar-refractivity contribution in [3.8, 4) is 11.5 Å². The van der Waals surface area contributed by atoms with Crippen LogP contribution < -0.4 is 20.1 Å². The van der Waals surface area contributed by atoms with Crippen molar-refractivity contribution in [2.24, 2.45) is 11.3 Å². The smallest absolute Gasteiger partial charge is 0.408 e. The van der Waals surface area contributed by atoms with Gasteiger partial charge in [-0.1, -0.05) is 39.0 Å². The fourth-order valence-corrected chi connectivity index (χ4v) is 5.74. The van der Waals surface area contributed by atoms with Crippen molar-refractivity contribution in [3.63, 3.8) is 0 Å². The number of methoxy groups -OCH3 is 2. The van der Waals surface area contributed by atoms with Gasteiger partial charge in [0.05, 0.1) is 20.8 Å². The number of alkyl carbamates (subject to hydrolysis) is 1. The molecule has 45 heavy (non-hydrogen) atoms. The van der Waals surface area contributed by atoms with E-state index in [-0.39, 0.29) is 18.9 Å².